The van der Waals surface area contributed by atoms with E-state index in [-0.39, 0.29) is 17.0 Å². The fourth-order valence-corrected chi connectivity index (χ4v) is 2.69. The first-order valence-electron chi connectivity index (χ1n) is 5.76. The minimum atomic E-state index is -0.658. The number of H-pyrrole nitrogens is 1. The van der Waals surface area contributed by atoms with Crippen molar-refractivity contribution >= 4 is 22.9 Å². The Labute approximate surface area is 126 Å². The normalized spacial score (nSPS) is 10.8. The first-order chi connectivity index (χ1) is 10.1. The lowest BCUT2D eigenvalue weighted by Gasteiger charge is -2.05. The molecule has 0 spiro atoms. The van der Waals surface area contributed by atoms with E-state index in [1.54, 1.807) is 6.07 Å². The molecule has 0 amide bonds. The summed E-state index contributed by atoms with van der Waals surface area (Å²) in [7, 11) is 0. The number of nitrogens with zero attached hydrogens (tertiary/aromatic N) is 2. The number of aromatic nitrogens is 3. The molecule has 1 aromatic carbocycles. The maximum absolute atomic E-state index is 13.7. The Bertz CT molecular complexity index is 878. The average Bonchev–Trinajstić information content (AvgIpc) is 2.87. The zero-order valence-electron chi connectivity index (χ0n) is 10.3. The standard InChI is InChI=1S/C13H7ClFN3O2S/c14-8-5-16-13(21-8)10-17-11(19)9(12(20)18-10)6-3-1-2-4-7(6)15/h1-5H,(H2,17,18,19,20). The smallest absolute Gasteiger partial charge is 0.263 e. The van der Waals surface area contributed by atoms with Gasteiger partial charge in [0.2, 0.25) is 5.88 Å². The highest BCUT2D eigenvalue weighted by atomic mass is 35.5. The van der Waals surface area contributed by atoms with Crippen LogP contribution in [-0.4, -0.2) is 20.1 Å². The summed E-state index contributed by atoms with van der Waals surface area (Å²) in [5.74, 6) is -1.11. The van der Waals surface area contributed by atoms with Crippen molar-refractivity contribution in [2.24, 2.45) is 0 Å². The predicted octanol–water partition coefficient (Wildman–Crippen LogP) is 3.06. The zero-order chi connectivity index (χ0) is 15.0. The summed E-state index contributed by atoms with van der Waals surface area (Å²) in [5.41, 5.74) is -0.902. The minimum absolute atomic E-state index is 0.0209. The second kappa shape index (κ2) is 5.27. The molecule has 5 nitrogen and oxygen atoms in total. The quantitative estimate of drug-likeness (QED) is 0.759. The first-order valence-corrected chi connectivity index (χ1v) is 6.95. The van der Waals surface area contributed by atoms with E-state index in [0.717, 1.165) is 11.3 Å². The molecule has 0 radical (unpaired) electrons. The number of hydrogen-bond acceptors (Lipinski definition) is 5. The van der Waals surface area contributed by atoms with Crippen LogP contribution < -0.4 is 5.56 Å². The van der Waals surface area contributed by atoms with E-state index in [2.05, 4.69) is 15.0 Å². The third-order valence-electron chi connectivity index (χ3n) is 2.72. The second-order valence-electron chi connectivity index (χ2n) is 4.06. The van der Waals surface area contributed by atoms with Crippen molar-refractivity contribution in [3.05, 3.63) is 51.0 Å². The van der Waals surface area contributed by atoms with Crippen LogP contribution in [0, 0.1) is 5.82 Å². The number of halogens is 2. The maximum atomic E-state index is 13.7. The van der Waals surface area contributed by atoms with Crippen LogP contribution in [0.3, 0.4) is 0 Å². The Morgan fingerprint density at radius 1 is 1.33 bits per heavy atom. The SMILES string of the molecule is O=c1[nH]c(-c2ncc(Cl)s2)nc(O)c1-c1ccccc1F. The van der Waals surface area contributed by atoms with E-state index in [4.69, 9.17) is 11.6 Å². The number of benzene rings is 1. The van der Waals surface area contributed by atoms with Crippen LogP contribution in [0.2, 0.25) is 4.34 Å². The van der Waals surface area contributed by atoms with Gasteiger partial charge >= 0.3 is 0 Å². The van der Waals surface area contributed by atoms with Gasteiger partial charge in [0.15, 0.2) is 10.8 Å². The lowest BCUT2D eigenvalue weighted by molar-refractivity contribution is 0.453. The Hall–Kier alpha value is -2.25. The molecule has 0 atom stereocenters. The molecule has 2 N–H and O–H groups in total. The largest absolute Gasteiger partial charge is 0.493 e. The summed E-state index contributed by atoms with van der Waals surface area (Å²) >= 11 is 6.86. The number of thiazole rings is 1. The fourth-order valence-electron chi connectivity index (χ4n) is 1.83. The van der Waals surface area contributed by atoms with Gasteiger partial charge in [0.05, 0.1) is 6.20 Å². The number of hydrogen-bond donors (Lipinski definition) is 2. The topological polar surface area (TPSA) is 78.9 Å². The molecule has 0 unspecified atom stereocenters. The van der Waals surface area contributed by atoms with Crippen LogP contribution >= 0.6 is 22.9 Å². The lowest BCUT2D eigenvalue weighted by Crippen LogP contribution is -2.12. The summed E-state index contributed by atoms with van der Waals surface area (Å²) in [6.07, 6.45) is 1.41. The van der Waals surface area contributed by atoms with E-state index in [9.17, 15) is 14.3 Å². The van der Waals surface area contributed by atoms with Crippen molar-refractivity contribution in [2.75, 3.05) is 0 Å². The van der Waals surface area contributed by atoms with Crippen molar-refractivity contribution in [1.29, 1.82) is 0 Å². The molecular formula is C13H7ClFN3O2S. The van der Waals surface area contributed by atoms with Gasteiger partial charge in [0, 0.05) is 5.56 Å². The highest BCUT2D eigenvalue weighted by molar-refractivity contribution is 7.18. The third kappa shape index (κ3) is 2.53. The van der Waals surface area contributed by atoms with E-state index in [0.29, 0.717) is 9.34 Å². The van der Waals surface area contributed by atoms with Gasteiger partial charge in [-0.15, -0.1) is 0 Å². The molecule has 8 heteroatoms. The maximum Gasteiger partial charge on any atom is 0.263 e. The van der Waals surface area contributed by atoms with E-state index in [1.807, 2.05) is 0 Å². The van der Waals surface area contributed by atoms with E-state index in [1.165, 1.54) is 24.4 Å². The van der Waals surface area contributed by atoms with Crippen LogP contribution in [0.1, 0.15) is 0 Å². The van der Waals surface area contributed by atoms with Gasteiger partial charge in [-0.25, -0.2) is 9.37 Å². The molecule has 3 aromatic rings. The molecule has 0 aliphatic rings. The number of aromatic hydroxyl groups is 1. The highest BCUT2D eigenvalue weighted by Crippen LogP contribution is 2.30. The Morgan fingerprint density at radius 3 is 2.71 bits per heavy atom. The summed E-state index contributed by atoms with van der Waals surface area (Å²) in [6.45, 7) is 0. The highest BCUT2D eigenvalue weighted by Gasteiger charge is 2.17. The van der Waals surface area contributed by atoms with Crippen molar-refractivity contribution in [3.63, 3.8) is 0 Å². The fraction of sp³-hybridized carbons (Fsp3) is 0. The van der Waals surface area contributed by atoms with Crippen LogP contribution in [0.4, 0.5) is 4.39 Å². The third-order valence-corrected chi connectivity index (χ3v) is 3.85. The van der Waals surface area contributed by atoms with Crippen molar-refractivity contribution in [1.82, 2.24) is 15.0 Å². The summed E-state index contributed by atoms with van der Waals surface area (Å²) in [6, 6.07) is 5.64. The predicted molar refractivity (Wildman–Crippen MR) is 78.0 cm³/mol. The lowest BCUT2D eigenvalue weighted by atomic mass is 10.1. The number of aromatic amines is 1. The van der Waals surface area contributed by atoms with Crippen molar-refractivity contribution < 1.29 is 9.50 Å². The second-order valence-corrected chi connectivity index (χ2v) is 5.72. The molecule has 0 saturated carbocycles. The van der Waals surface area contributed by atoms with Gasteiger partial charge in [-0.1, -0.05) is 41.1 Å². The van der Waals surface area contributed by atoms with Crippen LogP contribution in [0.15, 0.2) is 35.3 Å². The Kier molecular flexibility index (Phi) is 3.44. The summed E-state index contributed by atoms with van der Waals surface area (Å²) in [4.78, 5) is 22.4. The molecule has 0 saturated heterocycles. The van der Waals surface area contributed by atoms with Crippen LogP contribution in [0.25, 0.3) is 22.0 Å². The van der Waals surface area contributed by atoms with Gasteiger partial charge in [-0.05, 0) is 6.07 Å². The molecule has 3 rings (SSSR count). The molecule has 2 aromatic heterocycles. The molecule has 2 heterocycles. The van der Waals surface area contributed by atoms with Gasteiger partial charge in [0.25, 0.3) is 5.56 Å². The van der Waals surface area contributed by atoms with Crippen LogP contribution in [-0.2, 0) is 0 Å². The zero-order valence-corrected chi connectivity index (χ0v) is 11.9. The molecule has 0 fully saturated rings. The van der Waals surface area contributed by atoms with Crippen molar-refractivity contribution in [3.8, 4) is 27.8 Å². The monoisotopic (exact) mass is 323 g/mol. The van der Waals surface area contributed by atoms with Gasteiger partial charge in [-0.3, -0.25) is 4.79 Å². The van der Waals surface area contributed by atoms with Crippen LogP contribution in [0.5, 0.6) is 5.88 Å². The summed E-state index contributed by atoms with van der Waals surface area (Å²) in [5, 5.41) is 10.3. The van der Waals surface area contributed by atoms with E-state index < -0.39 is 17.3 Å². The molecule has 106 valence electrons. The number of rotatable bonds is 2. The molecule has 0 aliphatic heterocycles. The number of nitrogens with one attached hydrogen (secondary N) is 1. The molecule has 0 bridgehead atoms. The van der Waals surface area contributed by atoms with Gasteiger partial charge < -0.3 is 10.1 Å². The Morgan fingerprint density at radius 2 is 2.10 bits per heavy atom. The Balaban J connectivity index is 2.18. The minimum Gasteiger partial charge on any atom is -0.493 e. The summed E-state index contributed by atoms with van der Waals surface area (Å²) < 4.78 is 14.2. The molecule has 0 aliphatic carbocycles. The van der Waals surface area contributed by atoms with E-state index >= 15 is 0 Å². The van der Waals surface area contributed by atoms with Gasteiger partial charge in [-0.2, -0.15) is 4.98 Å². The average molecular weight is 324 g/mol. The molecule has 21 heavy (non-hydrogen) atoms. The van der Waals surface area contributed by atoms with Crippen molar-refractivity contribution in [2.45, 2.75) is 0 Å². The van der Waals surface area contributed by atoms with Gasteiger partial charge in [0.1, 0.15) is 15.7 Å². The molecular weight excluding hydrogens is 317 g/mol. The first kappa shape index (κ1) is 13.7.